The zero-order chi connectivity index (χ0) is 20.5. The average molecular weight is 399 g/mol. The number of aromatic amines is 1. The molecule has 1 aliphatic heterocycles. The first-order valence-corrected chi connectivity index (χ1v) is 9.27. The molecule has 1 unspecified atom stereocenters. The zero-order valence-electron chi connectivity index (χ0n) is 15.7. The maximum Gasteiger partial charge on any atom is 0.273 e. The molecule has 3 aromatic rings. The Morgan fingerprint density at radius 2 is 2.07 bits per heavy atom. The first-order valence-electron chi connectivity index (χ1n) is 9.27. The fraction of sp³-hybridized carbons (Fsp3) is 0.300. The highest BCUT2D eigenvalue weighted by molar-refractivity contribution is 5.99. The van der Waals surface area contributed by atoms with Gasteiger partial charge < -0.3 is 10.2 Å². The summed E-state index contributed by atoms with van der Waals surface area (Å²) in [4.78, 5) is 30.6. The molecule has 1 aliphatic rings. The van der Waals surface area contributed by atoms with E-state index in [1.54, 1.807) is 17.2 Å². The molecular weight excluding hydrogens is 380 g/mol. The average Bonchev–Trinajstić information content (AvgIpc) is 3.14. The SMILES string of the molecule is Cc1cc2cn[nH]c2cc1C(=O)N1CCCC(NC(=O)c2ncc(F)cc2F)C1. The van der Waals surface area contributed by atoms with Crippen LogP contribution in [0.1, 0.15) is 39.3 Å². The molecule has 0 radical (unpaired) electrons. The highest BCUT2D eigenvalue weighted by Crippen LogP contribution is 2.21. The Kier molecular flexibility index (Phi) is 4.96. The number of benzene rings is 1. The highest BCUT2D eigenvalue weighted by Gasteiger charge is 2.27. The second kappa shape index (κ2) is 7.57. The number of piperidine rings is 1. The summed E-state index contributed by atoms with van der Waals surface area (Å²) >= 11 is 0. The topological polar surface area (TPSA) is 91.0 Å². The van der Waals surface area contributed by atoms with Crippen molar-refractivity contribution in [3.8, 4) is 0 Å². The monoisotopic (exact) mass is 399 g/mol. The van der Waals surface area contributed by atoms with Gasteiger partial charge in [0, 0.05) is 36.1 Å². The molecule has 0 aliphatic carbocycles. The standard InChI is InChI=1S/C20H19F2N5O2/c1-11-5-12-8-24-26-17(12)7-15(11)20(29)27-4-2-3-14(10-27)25-19(28)18-16(22)6-13(21)9-23-18/h5-9,14H,2-4,10H2,1H3,(H,24,26)(H,25,28). The third-order valence-electron chi connectivity index (χ3n) is 5.08. The van der Waals surface area contributed by atoms with Crippen LogP contribution in [0.2, 0.25) is 0 Å². The van der Waals surface area contributed by atoms with Crippen molar-refractivity contribution in [2.24, 2.45) is 0 Å². The number of fused-ring (bicyclic) bond motifs is 1. The summed E-state index contributed by atoms with van der Waals surface area (Å²) in [6.45, 7) is 2.73. The maximum atomic E-state index is 13.8. The van der Waals surface area contributed by atoms with Crippen LogP contribution in [0, 0.1) is 18.6 Å². The number of aromatic nitrogens is 3. The Morgan fingerprint density at radius 3 is 2.86 bits per heavy atom. The van der Waals surface area contributed by atoms with Gasteiger partial charge in [-0.2, -0.15) is 5.10 Å². The number of H-pyrrole nitrogens is 1. The summed E-state index contributed by atoms with van der Waals surface area (Å²) < 4.78 is 26.8. The number of carbonyl (C=O) groups excluding carboxylic acids is 2. The number of hydrogen-bond acceptors (Lipinski definition) is 4. The number of hydrogen-bond donors (Lipinski definition) is 2. The molecule has 2 amide bonds. The van der Waals surface area contributed by atoms with E-state index in [1.165, 1.54) is 0 Å². The van der Waals surface area contributed by atoms with Gasteiger partial charge in [0.05, 0.1) is 17.9 Å². The lowest BCUT2D eigenvalue weighted by atomic mass is 10.0. The van der Waals surface area contributed by atoms with E-state index in [-0.39, 0.29) is 11.9 Å². The molecule has 4 rings (SSSR count). The van der Waals surface area contributed by atoms with Gasteiger partial charge in [-0.05, 0) is 37.5 Å². The van der Waals surface area contributed by atoms with E-state index in [9.17, 15) is 18.4 Å². The van der Waals surface area contributed by atoms with Crippen molar-refractivity contribution < 1.29 is 18.4 Å². The summed E-state index contributed by atoms with van der Waals surface area (Å²) in [5.74, 6) is -2.73. The smallest absolute Gasteiger partial charge is 0.273 e. The van der Waals surface area contributed by atoms with Gasteiger partial charge in [0.25, 0.3) is 11.8 Å². The summed E-state index contributed by atoms with van der Waals surface area (Å²) in [7, 11) is 0. The molecule has 9 heteroatoms. The number of amides is 2. The van der Waals surface area contributed by atoms with Gasteiger partial charge in [-0.1, -0.05) is 0 Å². The van der Waals surface area contributed by atoms with Crippen LogP contribution >= 0.6 is 0 Å². The van der Waals surface area contributed by atoms with Crippen molar-refractivity contribution in [1.29, 1.82) is 0 Å². The zero-order valence-corrected chi connectivity index (χ0v) is 15.7. The first-order chi connectivity index (χ1) is 13.9. The van der Waals surface area contributed by atoms with Crippen LogP contribution in [0.15, 0.2) is 30.6 Å². The van der Waals surface area contributed by atoms with Crippen molar-refractivity contribution in [2.75, 3.05) is 13.1 Å². The fourth-order valence-corrected chi connectivity index (χ4v) is 3.62. The molecule has 0 spiro atoms. The molecule has 3 heterocycles. The normalized spacial score (nSPS) is 16.8. The maximum absolute atomic E-state index is 13.8. The number of carbonyl (C=O) groups is 2. The minimum Gasteiger partial charge on any atom is -0.346 e. The molecule has 150 valence electrons. The predicted octanol–water partition coefficient (Wildman–Crippen LogP) is 2.58. The Hall–Kier alpha value is -3.36. The van der Waals surface area contributed by atoms with Crippen LogP contribution in [0.4, 0.5) is 8.78 Å². The number of pyridine rings is 1. The molecule has 1 atom stereocenters. The van der Waals surface area contributed by atoms with E-state index in [4.69, 9.17) is 0 Å². The lowest BCUT2D eigenvalue weighted by molar-refractivity contribution is 0.0674. The van der Waals surface area contributed by atoms with Crippen LogP contribution in [-0.4, -0.2) is 51.0 Å². The Morgan fingerprint density at radius 1 is 1.24 bits per heavy atom. The summed E-state index contributed by atoms with van der Waals surface area (Å²) in [6.07, 6.45) is 3.84. The largest absolute Gasteiger partial charge is 0.346 e. The molecule has 29 heavy (non-hydrogen) atoms. The Balaban J connectivity index is 1.48. The van der Waals surface area contributed by atoms with Gasteiger partial charge in [0.2, 0.25) is 0 Å². The molecule has 0 saturated carbocycles. The third-order valence-corrected chi connectivity index (χ3v) is 5.08. The minimum absolute atomic E-state index is 0.135. The molecule has 7 nitrogen and oxygen atoms in total. The van der Waals surface area contributed by atoms with Crippen molar-refractivity contribution in [3.05, 3.63) is 59.0 Å². The molecular formula is C20H19F2N5O2. The van der Waals surface area contributed by atoms with Crippen LogP contribution in [0.25, 0.3) is 10.9 Å². The van der Waals surface area contributed by atoms with Gasteiger partial charge >= 0.3 is 0 Å². The molecule has 2 N–H and O–H groups in total. The number of rotatable bonds is 3. The fourth-order valence-electron chi connectivity index (χ4n) is 3.62. The van der Waals surface area contributed by atoms with E-state index in [1.807, 2.05) is 13.0 Å². The van der Waals surface area contributed by atoms with E-state index in [0.29, 0.717) is 37.6 Å². The summed E-state index contributed by atoms with van der Waals surface area (Å²) in [5.41, 5.74) is 1.72. The second-order valence-electron chi connectivity index (χ2n) is 7.17. The quantitative estimate of drug-likeness (QED) is 0.708. The van der Waals surface area contributed by atoms with Gasteiger partial charge in [0.15, 0.2) is 11.5 Å². The van der Waals surface area contributed by atoms with Crippen LogP contribution in [0.3, 0.4) is 0 Å². The lowest BCUT2D eigenvalue weighted by Crippen LogP contribution is -2.50. The number of nitrogens with one attached hydrogen (secondary N) is 2. The van der Waals surface area contributed by atoms with Crippen LogP contribution < -0.4 is 5.32 Å². The molecule has 1 aromatic carbocycles. The number of nitrogens with zero attached hydrogens (tertiary/aromatic N) is 3. The van der Waals surface area contributed by atoms with Crippen molar-refractivity contribution in [3.63, 3.8) is 0 Å². The van der Waals surface area contributed by atoms with E-state index in [2.05, 4.69) is 20.5 Å². The van der Waals surface area contributed by atoms with Gasteiger partial charge in [0.1, 0.15) is 5.82 Å². The number of halogens is 2. The van der Waals surface area contributed by atoms with E-state index in [0.717, 1.165) is 22.7 Å². The third kappa shape index (κ3) is 3.80. The molecule has 0 bridgehead atoms. The Bertz CT molecular complexity index is 1100. The molecule has 1 saturated heterocycles. The number of likely N-dealkylation sites (tertiary alicyclic amines) is 1. The summed E-state index contributed by atoms with van der Waals surface area (Å²) in [6, 6.07) is 3.95. The van der Waals surface area contributed by atoms with E-state index < -0.39 is 23.2 Å². The highest BCUT2D eigenvalue weighted by atomic mass is 19.1. The Labute approximate surface area is 165 Å². The number of aryl methyl sites for hydroxylation is 1. The first kappa shape index (κ1) is 19.0. The second-order valence-corrected chi connectivity index (χ2v) is 7.17. The van der Waals surface area contributed by atoms with Gasteiger partial charge in [-0.3, -0.25) is 14.7 Å². The van der Waals surface area contributed by atoms with Crippen LogP contribution in [-0.2, 0) is 0 Å². The predicted molar refractivity (Wildman–Crippen MR) is 101 cm³/mol. The van der Waals surface area contributed by atoms with Crippen molar-refractivity contribution in [1.82, 2.24) is 25.4 Å². The van der Waals surface area contributed by atoms with Crippen molar-refractivity contribution >= 4 is 22.7 Å². The van der Waals surface area contributed by atoms with E-state index >= 15 is 0 Å². The van der Waals surface area contributed by atoms with Crippen LogP contribution in [0.5, 0.6) is 0 Å². The van der Waals surface area contributed by atoms with Gasteiger partial charge in [-0.25, -0.2) is 13.8 Å². The minimum atomic E-state index is -1.02. The van der Waals surface area contributed by atoms with Gasteiger partial charge in [-0.15, -0.1) is 0 Å². The molecule has 1 fully saturated rings. The van der Waals surface area contributed by atoms with Crippen molar-refractivity contribution in [2.45, 2.75) is 25.8 Å². The summed E-state index contributed by atoms with van der Waals surface area (Å²) in [5, 5.41) is 10.5. The molecule has 2 aromatic heterocycles. The lowest BCUT2D eigenvalue weighted by Gasteiger charge is -2.33.